The molecule has 0 saturated heterocycles. The van der Waals surface area contributed by atoms with Crippen LogP contribution in [0.25, 0.3) is 0 Å². The van der Waals surface area contributed by atoms with E-state index in [9.17, 15) is 9.59 Å². The van der Waals surface area contributed by atoms with Crippen molar-refractivity contribution in [3.8, 4) is 0 Å². The Kier molecular flexibility index (Phi) is 6.17. The normalized spacial score (nSPS) is 15.7. The van der Waals surface area contributed by atoms with Gasteiger partial charge in [0.15, 0.2) is 5.13 Å². The van der Waals surface area contributed by atoms with Gasteiger partial charge < -0.3 is 10.1 Å². The van der Waals surface area contributed by atoms with E-state index >= 15 is 0 Å². The second-order valence-corrected chi connectivity index (χ2v) is 6.24. The molecule has 1 saturated carbocycles. The van der Waals surface area contributed by atoms with Gasteiger partial charge in [0, 0.05) is 11.8 Å². The number of hydrogen-bond donors (Lipinski definition) is 1. The molecule has 0 aromatic carbocycles. The fourth-order valence-electron chi connectivity index (χ4n) is 2.63. The maximum Gasteiger partial charge on any atom is 0.311 e. The molecule has 0 aliphatic heterocycles. The second-order valence-electron chi connectivity index (χ2n) is 5.38. The molecule has 1 heterocycles. The van der Waals surface area contributed by atoms with Crippen LogP contribution < -0.4 is 5.32 Å². The van der Waals surface area contributed by atoms with Gasteiger partial charge in [0.2, 0.25) is 5.91 Å². The zero-order valence-electron chi connectivity index (χ0n) is 12.4. The van der Waals surface area contributed by atoms with Crippen LogP contribution in [0.3, 0.4) is 0 Å². The molecule has 1 N–H and O–H groups in total. The lowest BCUT2D eigenvalue weighted by Gasteiger charge is -2.20. The Bertz CT molecular complexity index is 481. The van der Waals surface area contributed by atoms with Crippen LogP contribution in [-0.2, 0) is 20.7 Å². The zero-order valence-corrected chi connectivity index (χ0v) is 13.2. The molecular weight excluding hydrogens is 288 g/mol. The SMILES string of the molecule is CCOC(=O)Cc1csc(NC(=O)CC2CCCCC2)n1. The summed E-state index contributed by atoms with van der Waals surface area (Å²) in [6.07, 6.45) is 6.80. The van der Waals surface area contributed by atoms with E-state index in [1.807, 2.05) is 0 Å². The third-order valence-electron chi connectivity index (χ3n) is 3.63. The Morgan fingerprint density at radius 2 is 2.14 bits per heavy atom. The van der Waals surface area contributed by atoms with E-state index in [1.54, 1.807) is 12.3 Å². The highest BCUT2D eigenvalue weighted by molar-refractivity contribution is 7.13. The van der Waals surface area contributed by atoms with Gasteiger partial charge in [-0.15, -0.1) is 11.3 Å². The van der Waals surface area contributed by atoms with E-state index < -0.39 is 0 Å². The average Bonchev–Trinajstić information content (AvgIpc) is 2.87. The van der Waals surface area contributed by atoms with E-state index in [2.05, 4.69) is 10.3 Å². The topological polar surface area (TPSA) is 68.3 Å². The van der Waals surface area contributed by atoms with Crippen LogP contribution in [0, 0.1) is 5.92 Å². The zero-order chi connectivity index (χ0) is 15.1. The summed E-state index contributed by atoms with van der Waals surface area (Å²) in [6.45, 7) is 2.14. The Hall–Kier alpha value is -1.43. The number of nitrogens with one attached hydrogen (secondary N) is 1. The number of anilines is 1. The third-order valence-corrected chi connectivity index (χ3v) is 4.43. The van der Waals surface area contributed by atoms with Gasteiger partial charge in [-0.3, -0.25) is 9.59 Å². The number of rotatable bonds is 6. The number of carbonyl (C=O) groups is 2. The molecule has 1 aromatic rings. The van der Waals surface area contributed by atoms with Crippen LogP contribution in [0.4, 0.5) is 5.13 Å². The minimum Gasteiger partial charge on any atom is -0.466 e. The molecule has 21 heavy (non-hydrogen) atoms. The number of carbonyl (C=O) groups excluding carboxylic acids is 2. The summed E-state index contributed by atoms with van der Waals surface area (Å²) >= 11 is 1.35. The van der Waals surface area contributed by atoms with Crippen molar-refractivity contribution >= 4 is 28.3 Å². The fraction of sp³-hybridized carbons (Fsp3) is 0.667. The van der Waals surface area contributed by atoms with Crippen molar-refractivity contribution in [1.29, 1.82) is 0 Å². The highest BCUT2D eigenvalue weighted by Crippen LogP contribution is 2.27. The second kappa shape index (κ2) is 8.12. The molecule has 1 fully saturated rings. The summed E-state index contributed by atoms with van der Waals surface area (Å²) in [7, 11) is 0. The minimum absolute atomic E-state index is 0.0268. The minimum atomic E-state index is -0.289. The van der Waals surface area contributed by atoms with Crippen LogP contribution in [0.5, 0.6) is 0 Å². The summed E-state index contributed by atoms with van der Waals surface area (Å²) in [5.74, 6) is 0.250. The molecule has 116 valence electrons. The van der Waals surface area contributed by atoms with E-state index in [1.165, 1.54) is 30.6 Å². The number of ether oxygens (including phenoxy) is 1. The molecule has 5 nitrogen and oxygen atoms in total. The van der Waals surface area contributed by atoms with Gasteiger partial charge in [0.05, 0.1) is 18.7 Å². The van der Waals surface area contributed by atoms with E-state index in [-0.39, 0.29) is 18.3 Å². The smallest absolute Gasteiger partial charge is 0.311 e. The van der Waals surface area contributed by atoms with Crippen LogP contribution in [0.15, 0.2) is 5.38 Å². The number of esters is 1. The van der Waals surface area contributed by atoms with Gasteiger partial charge in [-0.25, -0.2) is 4.98 Å². The number of nitrogens with zero attached hydrogens (tertiary/aromatic N) is 1. The summed E-state index contributed by atoms with van der Waals surface area (Å²) < 4.78 is 4.88. The third kappa shape index (κ3) is 5.46. The van der Waals surface area contributed by atoms with Crippen molar-refractivity contribution < 1.29 is 14.3 Å². The highest BCUT2D eigenvalue weighted by atomic mass is 32.1. The van der Waals surface area contributed by atoms with Crippen molar-refractivity contribution in [3.63, 3.8) is 0 Å². The standard InChI is InChI=1S/C15H22N2O3S/c1-2-20-14(19)9-12-10-21-15(16-12)17-13(18)8-11-6-4-3-5-7-11/h10-11H,2-9H2,1H3,(H,16,17,18). The van der Waals surface area contributed by atoms with Crippen molar-refractivity contribution in [1.82, 2.24) is 4.98 Å². The van der Waals surface area contributed by atoms with Crippen LogP contribution in [0.1, 0.15) is 51.1 Å². The monoisotopic (exact) mass is 310 g/mol. The predicted molar refractivity (Wildman–Crippen MR) is 82.3 cm³/mol. The average molecular weight is 310 g/mol. The molecule has 0 bridgehead atoms. The van der Waals surface area contributed by atoms with Gasteiger partial charge in [-0.2, -0.15) is 0 Å². The molecule has 0 spiro atoms. The molecule has 0 radical (unpaired) electrons. The number of amides is 1. The Morgan fingerprint density at radius 1 is 1.38 bits per heavy atom. The van der Waals surface area contributed by atoms with Crippen LogP contribution >= 0.6 is 11.3 Å². The fourth-order valence-corrected chi connectivity index (χ4v) is 3.36. The Balaban J connectivity index is 1.78. The first-order valence-corrected chi connectivity index (χ1v) is 8.45. The number of aromatic nitrogens is 1. The summed E-state index contributed by atoms with van der Waals surface area (Å²) in [4.78, 5) is 27.6. The molecule has 0 unspecified atom stereocenters. The Labute approximate surface area is 129 Å². The van der Waals surface area contributed by atoms with Gasteiger partial charge in [-0.05, 0) is 25.7 Å². The molecule has 6 heteroatoms. The van der Waals surface area contributed by atoms with E-state index in [4.69, 9.17) is 4.74 Å². The first kappa shape index (κ1) is 15.9. The lowest BCUT2D eigenvalue weighted by atomic mass is 9.87. The summed E-state index contributed by atoms with van der Waals surface area (Å²) in [5, 5.41) is 5.18. The highest BCUT2D eigenvalue weighted by Gasteiger charge is 2.18. The summed E-state index contributed by atoms with van der Waals surface area (Å²) in [5.41, 5.74) is 0.645. The first-order valence-electron chi connectivity index (χ1n) is 7.57. The molecule has 0 atom stereocenters. The number of thiazole rings is 1. The molecule has 1 amide bonds. The maximum absolute atomic E-state index is 12.0. The van der Waals surface area contributed by atoms with Crippen molar-refractivity contribution in [2.24, 2.45) is 5.92 Å². The lowest BCUT2D eigenvalue weighted by Crippen LogP contribution is -2.18. The first-order chi connectivity index (χ1) is 10.2. The van der Waals surface area contributed by atoms with Crippen LogP contribution in [-0.4, -0.2) is 23.5 Å². The molecule has 2 rings (SSSR count). The van der Waals surface area contributed by atoms with Gasteiger partial charge in [-0.1, -0.05) is 19.3 Å². The molecule has 1 aliphatic carbocycles. The van der Waals surface area contributed by atoms with Gasteiger partial charge in [0.1, 0.15) is 0 Å². The molecular formula is C15H22N2O3S. The quantitative estimate of drug-likeness (QED) is 0.820. The van der Waals surface area contributed by atoms with Crippen molar-refractivity contribution in [3.05, 3.63) is 11.1 Å². The van der Waals surface area contributed by atoms with Crippen molar-refractivity contribution in [2.75, 3.05) is 11.9 Å². The predicted octanol–water partition coefficient (Wildman–Crippen LogP) is 3.16. The van der Waals surface area contributed by atoms with Gasteiger partial charge >= 0.3 is 5.97 Å². The molecule has 1 aliphatic rings. The van der Waals surface area contributed by atoms with E-state index in [0.717, 1.165) is 12.8 Å². The summed E-state index contributed by atoms with van der Waals surface area (Å²) in [6, 6.07) is 0. The van der Waals surface area contributed by atoms with Crippen molar-refractivity contribution in [2.45, 2.75) is 51.9 Å². The largest absolute Gasteiger partial charge is 0.466 e. The molecule has 1 aromatic heterocycles. The Morgan fingerprint density at radius 3 is 2.86 bits per heavy atom. The van der Waals surface area contributed by atoms with E-state index in [0.29, 0.717) is 29.8 Å². The number of hydrogen-bond acceptors (Lipinski definition) is 5. The maximum atomic E-state index is 12.0. The van der Waals surface area contributed by atoms with Gasteiger partial charge in [0.25, 0.3) is 0 Å². The lowest BCUT2D eigenvalue weighted by molar-refractivity contribution is -0.142. The van der Waals surface area contributed by atoms with Crippen LogP contribution in [0.2, 0.25) is 0 Å².